The SMILES string of the molecule is CCOC(=O)C(C)Cc1csc(-c2ccc(OC)cc2)n1. The average molecular weight is 305 g/mol. The molecule has 0 spiro atoms. The summed E-state index contributed by atoms with van der Waals surface area (Å²) in [6.45, 7) is 4.09. The summed E-state index contributed by atoms with van der Waals surface area (Å²) in [5.41, 5.74) is 1.97. The first kappa shape index (κ1) is 15.5. The van der Waals surface area contributed by atoms with Gasteiger partial charge in [0.25, 0.3) is 0 Å². The largest absolute Gasteiger partial charge is 0.497 e. The number of rotatable bonds is 6. The third-order valence-corrected chi connectivity index (χ3v) is 4.03. The molecule has 0 radical (unpaired) electrons. The lowest BCUT2D eigenvalue weighted by Crippen LogP contribution is -2.17. The summed E-state index contributed by atoms with van der Waals surface area (Å²) in [4.78, 5) is 16.2. The molecule has 2 aromatic rings. The maximum atomic E-state index is 11.6. The zero-order chi connectivity index (χ0) is 15.2. The van der Waals surface area contributed by atoms with E-state index in [2.05, 4.69) is 4.98 Å². The molecule has 0 fully saturated rings. The summed E-state index contributed by atoms with van der Waals surface area (Å²) in [6, 6.07) is 7.79. The topological polar surface area (TPSA) is 48.4 Å². The van der Waals surface area contributed by atoms with E-state index < -0.39 is 0 Å². The van der Waals surface area contributed by atoms with Crippen LogP contribution in [0.3, 0.4) is 0 Å². The van der Waals surface area contributed by atoms with Crippen LogP contribution in [0.5, 0.6) is 5.75 Å². The summed E-state index contributed by atoms with van der Waals surface area (Å²) in [6.07, 6.45) is 0.603. The molecule has 0 aliphatic carbocycles. The molecule has 0 aliphatic rings. The fourth-order valence-corrected chi connectivity index (χ4v) is 2.79. The Kier molecular flexibility index (Phi) is 5.33. The lowest BCUT2D eigenvalue weighted by molar-refractivity contribution is -0.147. The molecule has 1 atom stereocenters. The molecule has 1 heterocycles. The van der Waals surface area contributed by atoms with Crippen LogP contribution >= 0.6 is 11.3 Å². The van der Waals surface area contributed by atoms with Gasteiger partial charge in [-0.3, -0.25) is 4.79 Å². The Balaban J connectivity index is 2.05. The van der Waals surface area contributed by atoms with Gasteiger partial charge in [0.2, 0.25) is 0 Å². The molecule has 0 N–H and O–H groups in total. The number of esters is 1. The van der Waals surface area contributed by atoms with E-state index in [1.165, 1.54) is 0 Å². The van der Waals surface area contributed by atoms with Crippen molar-refractivity contribution in [1.29, 1.82) is 0 Å². The van der Waals surface area contributed by atoms with Crippen molar-refractivity contribution in [2.75, 3.05) is 13.7 Å². The second kappa shape index (κ2) is 7.22. The Labute approximate surface area is 128 Å². The minimum Gasteiger partial charge on any atom is -0.497 e. The van der Waals surface area contributed by atoms with E-state index in [9.17, 15) is 4.79 Å². The van der Waals surface area contributed by atoms with Crippen LogP contribution in [0.1, 0.15) is 19.5 Å². The van der Waals surface area contributed by atoms with Crippen molar-refractivity contribution in [2.24, 2.45) is 5.92 Å². The van der Waals surface area contributed by atoms with E-state index in [-0.39, 0.29) is 11.9 Å². The molecule has 0 saturated heterocycles. The Morgan fingerprint density at radius 2 is 2.05 bits per heavy atom. The Morgan fingerprint density at radius 3 is 2.67 bits per heavy atom. The third kappa shape index (κ3) is 4.04. The first-order chi connectivity index (χ1) is 10.1. The van der Waals surface area contributed by atoms with E-state index in [1.54, 1.807) is 18.4 Å². The van der Waals surface area contributed by atoms with Crippen molar-refractivity contribution in [1.82, 2.24) is 4.98 Å². The lowest BCUT2D eigenvalue weighted by Gasteiger charge is -2.08. The highest BCUT2D eigenvalue weighted by Crippen LogP contribution is 2.26. The molecule has 112 valence electrons. The molecule has 0 saturated carbocycles. The highest BCUT2D eigenvalue weighted by molar-refractivity contribution is 7.13. The number of hydrogen-bond acceptors (Lipinski definition) is 5. The van der Waals surface area contributed by atoms with Crippen molar-refractivity contribution in [2.45, 2.75) is 20.3 Å². The van der Waals surface area contributed by atoms with Gasteiger partial charge in [0.1, 0.15) is 10.8 Å². The predicted molar refractivity (Wildman–Crippen MR) is 83.6 cm³/mol. The van der Waals surface area contributed by atoms with Crippen LogP contribution < -0.4 is 4.74 Å². The average Bonchev–Trinajstić information content (AvgIpc) is 2.96. The zero-order valence-corrected chi connectivity index (χ0v) is 13.3. The highest BCUT2D eigenvalue weighted by Gasteiger charge is 2.16. The molecule has 1 unspecified atom stereocenters. The molecule has 0 amide bonds. The Bertz CT molecular complexity index is 592. The molecular formula is C16H19NO3S. The van der Waals surface area contributed by atoms with Crippen molar-refractivity contribution >= 4 is 17.3 Å². The minimum absolute atomic E-state index is 0.170. The third-order valence-electron chi connectivity index (χ3n) is 3.09. The van der Waals surface area contributed by atoms with Gasteiger partial charge in [-0.25, -0.2) is 4.98 Å². The van der Waals surface area contributed by atoms with Crippen LogP contribution in [0.4, 0.5) is 0 Å². The number of carbonyl (C=O) groups is 1. The maximum Gasteiger partial charge on any atom is 0.309 e. The normalized spacial score (nSPS) is 12.0. The number of aromatic nitrogens is 1. The summed E-state index contributed by atoms with van der Waals surface area (Å²) >= 11 is 1.58. The molecule has 5 heteroatoms. The van der Waals surface area contributed by atoms with E-state index in [4.69, 9.17) is 9.47 Å². The number of thiazole rings is 1. The van der Waals surface area contributed by atoms with Gasteiger partial charge in [-0.2, -0.15) is 0 Å². The maximum absolute atomic E-state index is 11.6. The molecule has 1 aromatic carbocycles. The number of ether oxygens (including phenoxy) is 2. The van der Waals surface area contributed by atoms with Crippen molar-refractivity contribution in [3.63, 3.8) is 0 Å². The van der Waals surface area contributed by atoms with E-state index in [0.717, 1.165) is 22.0 Å². The Hall–Kier alpha value is -1.88. The van der Waals surface area contributed by atoms with Crippen molar-refractivity contribution in [3.8, 4) is 16.3 Å². The van der Waals surface area contributed by atoms with Gasteiger partial charge < -0.3 is 9.47 Å². The van der Waals surface area contributed by atoms with Crippen LogP contribution in [0.2, 0.25) is 0 Å². The molecule has 21 heavy (non-hydrogen) atoms. The lowest BCUT2D eigenvalue weighted by atomic mass is 10.1. The Morgan fingerprint density at radius 1 is 1.33 bits per heavy atom. The van der Waals surface area contributed by atoms with Crippen LogP contribution in [-0.2, 0) is 16.0 Å². The first-order valence-corrected chi connectivity index (χ1v) is 7.77. The van der Waals surface area contributed by atoms with Crippen LogP contribution in [-0.4, -0.2) is 24.7 Å². The number of nitrogens with zero attached hydrogens (tertiary/aromatic N) is 1. The van der Waals surface area contributed by atoms with E-state index in [0.29, 0.717) is 13.0 Å². The minimum atomic E-state index is -0.171. The molecule has 0 bridgehead atoms. The van der Waals surface area contributed by atoms with Crippen LogP contribution in [0, 0.1) is 5.92 Å². The fraction of sp³-hybridized carbons (Fsp3) is 0.375. The van der Waals surface area contributed by atoms with Gasteiger partial charge in [-0.1, -0.05) is 6.92 Å². The zero-order valence-electron chi connectivity index (χ0n) is 12.5. The number of benzene rings is 1. The molecule has 1 aromatic heterocycles. The smallest absolute Gasteiger partial charge is 0.309 e. The van der Waals surface area contributed by atoms with Crippen molar-refractivity contribution in [3.05, 3.63) is 35.3 Å². The van der Waals surface area contributed by atoms with E-state index in [1.807, 2.05) is 43.5 Å². The van der Waals surface area contributed by atoms with Crippen molar-refractivity contribution < 1.29 is 14.3 Å². The van der Waals surface area contributed by atoms with E-state index >= 15 is 0 Å². The van der Waals surface area contributed by atoms with Crippen LogP contribution in [0.25, 0.3) is 10.6 Å². The molecular weight excluding hydrogens is 286 g/mol. The van der Waals surface area contributed by atoms with Gasteiger partial charge in [-0.05, 0) is 31.2 Å². The number of carbonyl (C=O) groups excluding carboxylic acids is 1. The summed E-state index contributed by atoms with van der Waals surface area (Å²) in [7, 11) is 1.65. The second-order valence-electron chi connectivity index (χ2n) is 4.73. The van der Waals surface area contributed by atoms with Gasteiger partial charge >= 0.3 is 5.97 Å². The number of hydrogen-bond donors (Lipinski definition) is 0. The molecule has 2 rings (SSSR count). The highest BCUT2D eigenvalue weighted by atomic mass is 32.1. The van der Waals surface area contributed by atoms with Gasteiger partial charge in [0.05, 0.1) is 25.3 Å². The molecule has 0 aliphatic heterocycles. The monoisotopic (exact) mass is 305 g/mol. The quantitative estimate of drug-likeness (QED) is 0.766. The van der Waals surface area contributed by atoms with Crippen LogP contribution in [0.15, 0.2) is 29.6 Å². The second-order valence-corrected chi connectivity index (χ2v) is 5.59. The summed E-state index contributed by atoms with van der Waals surface area (Å²) in [5.74, 6) is 0.485. The van der Waals surface area contributed by atoms with Gasteiger partial charge in [-0.15, -0.1) is 11.3 Å². The van der Waals surface area contributed by atoms with Gasteiger partial charge in [0.15, 0.2) is 0 Å². The molecule has 4 nitrogen and oxygen atoms in total. The first-order valence-electron chi connectivity index (χ1n) is 6.89. The summed E-state index contributed by atoms with van der Waals surface area (Å²) < 4.78 is 10.2. The predicted octanol–water partition coefficient (Wildman–Crippen LogP) is 3.56. The van der Waals surface area contributed by atoms with Gasteiger partial charge in [0, 0.05) is 17.4 Å². The standard InChI is InChI=1S/C16H19NO3S/c1-4-20-16(18)11(2)9-13-10-21-15(17-13)12-5-7-14(19-3)8-6-12/h5-8,10-11H,4,9H2,1-3H3. The fourth-order valence-electron chi connectivity index (χ4n) is 1.95. The summed E-state index contributed by atoms with van der Waals surface area (Å²) in [5, 5.41) is 2.94. The number of methoxy groups -OCH3 is 1.